The number of halogens is 2. The Labute approximate surface area is 156 Å². The quantitative estimate of drug-likeness (QED) is 0.838. The molecule has 7 heteroatoms. The van der Waals surface area contributed by atoms with Gasteiger partial charge in [0.1, 0.15) is 0 Å². The lowest BCUT2D eigenvalue weighted by molar-refractivity contribution is 0.353. The van der Waals surface area contributed by atoms with Crippen LogP contribution in [-0.2, 0) is 0 Å². The second-order valence-corrected chi connectivity index (χ2v) is 6.57. The van der Waals surface area contributed by atoms with Gasteiger partial charge in [0.05, 0.1) is 36.3 Å². The Morgan fingerprint density at radius 2 is 1.72 bits per heavy atom. The minimum atomic E-state index is -0.103. The first kappa shape index (κ1) is 17.7. The number of methoxy groups -OCH3 is 2. The summed E-state index contributed by atoms with van der Waals surface area (Å²) in [5, 5.41) is 4.25. The summed E-state index contributed by atoms with van der Waals surface area (Å²) in [5.41, 5.74) is 8.03. The largest absolute Gasteiger partial charge is 0.493 e. The van der Waals surface area contributed by atoms with E-state index in [1.54, 1.807) is 20.3 Å². The van der Waals surface area contributed by atoms with E-state index in [0.717, 1.165) is 17.5 Å². The molecule has 1 heterocycles. The fourth-order valence-electron chi connectivity index (χ4n) is 2.94. The first-order valence-corrected chi connectivity index (χ1v) is 8.54. The van der Waals surface area contributed by atoms with Crippen LogP contribution in [0.25, 0.3) is 0 Å². The van der Waals surface area contributed by atoms with Crippen LogP contribution in [0.1, 0.15) is 29.6 Å². The normalized spacial score (nSPS) is 19.8. The first-order chi connectivity index (χ1) is 12.0. The van der Waals surface area contributed by atoms with Gasteiger partial charge in [0, 0.05) is 0 Å². The van der Waals surface area contributed by atoms with Gasteiger partial charge in [0.15, 0.2) is 17.5 Å². The summed E-state index contributed by atoms with van der Waals surface area (Å²) < 4.78 is 10.7. The monoisotopic (exact) mass is 379 g/mol. The highest BCUT2D eigenvalue weighted by molar-refractivity contribution is 6.42. The summed E-state index contributed by atoms with van der Waals surface area (Å²) in [6, 6.07) is 11.2. The summed E-state index contributed by atoms with van der Waals surface area (Å²) >= 11 is 12.1. The summed E-state index contributed by atoms with van der Waals surface area (Å²) in [6.45, 7) is 0. The van der Waals surface area contributed by atoms with Crippen molar-refractivity contribution < 1.29 is 9.47 Å². The minimum absolute atomic E-state index is 0.00300. The molecule has 3 N–H and O–H groups in total. The fourth-order valence-corrected chi connectivity index (χ4v) is 3.24. The molecule has 0 spiro atoms. The van der Waals surface area contributed by atoms with Crippen molar-refractivity contribution in [1.29, 1.82) is 0 Å². The lowest BCUT2D eigenvalue weighted by Crippen LogP contribution is -2.39. The Morgan fingerprint density at radius 1 is 1.00 bits per heavy atom. The van der Waals surface area contributed by atoms with E-state index < -0.39 is 0 Å². The molecule has 0 aliphatic carbocycles. The molecule has 0 saturated heterocycles. The molecule has 1 aliphatic heterocycles. The predicted molar refractivity (Wildman–Crippen MR) is 101 cm³/mol. The van der Waals surface area contributed by atoms with Gasteiger partial charge in [-0.15, -0.1) is 0 Å². The van der Waals surface area contributed by atoms with Crippen molar-refractivity contribution >= 4 is 29.2 Å². The average Bonchev–Trinajstić information content (AvgIpc) is 2.62. The molecular weight excluding hydrogens is 361 g/mol. The number of hydrogen-bond donors (Lipinski definition) is 2. The molecule has 0 aromatic heterocycles. The molecule has 2 aromatic carbocycles. The fraction of sp³-hybridized carbons (Fsp3) is 0.278. The number of nitrogens with one attached hydrogen (secondary N) is 1. The van der Waals surface area contributed by atoms with Crippen molar-refractivity contribution in [2.24, 2.45) is 10.7 Å². The van der Waals surface area contributed by atoms with Crippen LogP contribution in [0.2, 0.25) is 10.0 Å². The highest BCUT2D eigenvalue weighted by Gasteiger charge is 2.25. The van der Waals surface area contributed by atoms with Crippen molar-refractivity contribution in [3.63, 3.8) is 0 Å². The van der Waals surface area contributed by atoms with Crippen molar-refractivity contribution in [3.8, 4) is 11.5 Å². The standard InChI is InChI=1S/C18H19Cl2N3O2/c1-24-16-6-4-11(8-17(16)25-2)15-9-14(22-18(21)23-15)10-3-5-12(19)13(20)7-10/h3-8,14-15H,9H2,1-2H3,(H3,21,22,23). The summed E-state index contributed by atoms with van der Waals surface area (Å²) in [6.07, 6.45) is 0.730. The van der Waals surface area contributed by atoms with E-state index in [4.69, 9.17) is 38.4 Å². The highest BCUT2D eigenvalue weighted by atomic mass is 35.5. The summed E-state index contributed by atoms with van der Waals surface area (Å²) in [5.74, 6) is 1.75. The van der Waals surface area contributed by atoms with Crippen LogP contribution < -0.4 is 20.5 Å². The van der Waals surface area contributed by atoms with E-state index in [0.29, 0.717) is 27.5 Å². The van der Waals surface area contributed by atoms with E-state index in [9.17, 15) is 0 Å². The Morgan fingerprint density at radius 3 is 2.40 bits per heavy atom. The molecule has 5 nitrogen and oxygen atoms in total. The number of benzene rings is 2. The van der Waals surface area contributed by atoms with E-state index in [1.807, 2.05) is 30.3 Å². The van der Waals surface area contributed by atoms with Crippen molar-refractivity contribution in [1.82, 2.24) is 5.32 Å². The highest BCUT2D eigenvalue weighted by Crippen LogP contribution is 2.37. The average molecular weight is 380 g/mol. The molecule has 2 unspecified atom stereocenters. The maximum atomic E-state index is 6.14. The van der Waals surface area contributed by atoms with Crippen LogP contribution in [-0.4, -0.2) is 20.2 Å². The Kier molecular flexibility index (Phi) is 5.25. The number of ether oxygens (including phenoxy) is 2. The van der Waals surface area contributed by atoms with E-state index in [-0.39, 0.29) is 12.1 Å². The number of aliphatic imine (C=N–C) groups is 1. The number of nitrogens with zero attached hydrogens (tertiary/aromatic N) is 1. The maximum Gasteiger partial charge on any atom is 0.189 e. The zero-order valence-corrected chi connectivity index (χ0v) is 15.4. The molecule has 132 valence electrons. The smallest absolute Gasteiger partial charge is 0.189 e. The van der Waals surface area contributed by atoms with Crippen LogP contribution in [0, 0.1) is 0 Å². The van der Waals surface area contributed by atoms with Gasteiger partial charge in [-0.1, -0.05) is 35.3 Å². The molecular formula is C18H19Cl2N3O2. The Bertz CT molecular complexity index is 811. The topological polar surface area (TPSA) is 68.9 Å². The van der Waals surface area contributed by atoms with Gasteiger partial charge < -0.3 is 20.5 Å². The van der Waals surface area contributed by atoms with Gasteiger partial charge in [-0.3, -0.25) is 0 Å². The predicted octanol–water partition coefficient (Wildman–Crippen LogP) is 4.10. The van der Waals surface area contributed by atoms with Crippen molar-refractivity contribution in [2.75, 3.05) is 14.2 Å². The molecule has 0 saturated carbocycles. The molecule has 0 amide bonds. The van der Waals surface area contributed by atoms with E-state index in [2.05, 4.69) is 10.3 Å². The number of rotatable bonds is 4. The third-order valence-electron chi connectivity index (χ3n) is 4.21. The summed E-state index contributed by atoms with van der Waals surface area (Å²) in [7, 11) is 3.23. The number of guanidine groups is 1. The third kappa shape index (κ3) is 3.78. The van der Waals surface area contributed by atoms with Gasteiger partial charge in [0.2, 0.25) is 0 Å². The Balaban J connectivity index is 1.89. The molecule has 2 aromatic rings. The van der Waals surface area contributed by atoms with E-state index >= 15 is 0 Å². The molecule has 3 rings (SSSR count). The minimum Gasteiger partial charge on any atom is -0.493 e. The van der Waals surface area contributed by atoms with Crippen molar-refractivity contribution in [3.05, 3.63) is 57.6 Å². The van der Waals surface area contributed by atoms with Gasteiger partial charge >= 0.3 is 0 Å². The molecule has 25 heavy (non-hydrogen) atoms. The zero-order valence-electron chi connectivity index (χ0n) is 13.9. The lowest BCUT2D eigenvalue weighted by Gasteiger charge is -2.29. The van der Waals surface area contributed by atoms with Crippen LogP contribution in [0.15, 0.2) is 41.4 Å². The SMILES string of the molecule is COc1ccc(C2CC(c3ccc(Cl)c(Cl)c3)N=C(N)N2)cc1OC. The second kappa shape index (κ2) is 7.42. The van der Waals surface area contributed by atoms with Gasteiger partial charge in [-0.25, -0.2) is 4.99 Å². The lowest BCUT2D eigenvalue weighted by atomic mass is 9.93. The molecule has 0 bridgehead atoms. The maximum absolute atomic E-state index is 6.14. The van der Waals surface area contributed by atoms with Crippen LogP contribution in [0.3, 0.4) is 0 Å². The zero-order chi connectivity index (χ0) is 18.0. The van der Waals surface area contributed by atoms with E-state index in [1.165, 1.54) is 0 Å². The van der Waals surface area contributed by atoms with Crippen LogP contribution in [0.4, 0.5) is 0 Å². The Hall–Kier alpha value is -2.11. The molecule has 0 radical (unpaired) electrons. The van der Waals surface area contributed by atoms with Gasteiger partial charge in [-0.05, 0) is 41.8 Å². The van der Waals surface area contributed by atoms with Gasteiger partial charge in [-0.2, -0.15) is 0 Å². The first-order valence-electron chi connectivity index (χ1n) is 7.78. The molecule has 2 atom stereocenters. The van der Waals surface area contributed by atoms with Crippen molar-refractivity contribution in [2.45, 2.75) is 18.5 Å². The number of nitrogens with two attached hydrogens (primary N) is 1. The second-order valence-electron chi connectivity index (χ2n) is 5.75. The summed E-state index contributed by atoms with van der Waals surface area (Å²) in [4.78, 5) is 4.50. The van der Waals surface area contributed by atoms with Crippen LogP contribution in [0.5, 0.6) is 11.5 Å². The molecule has 1 aliphatic rings. The van der Waals surface area contributed by atoms with Crippen LogP contribution >= 0.6 is 23.2 Å². The molecule has 0 fully saturated rings. The number of hydrogen-bond acceptors (Lipinski definition) is 5. The van der Waals surface area contributed by atoms with Gasteiger partial charge in [0.25, 0.3) is 0 Å². The third-order valence-corrected chi connectivity index (χ3v) is 4.95.